The highest BCUT2D eigenvalue weighted by Gasteiger charge is 2.55. The van der Waals surface area contributed by atoms with Gasteiger partial charge in [0.05, 0.1) is 32.4 Å². The van der Waals surface area contributed by atoms with Crippen molar-refractivity contribution in [2.75, 3.05) is 27.4 Å². The maximum absolute atomic E-state index is 13.5. The summed E-state index contributed by atoms with van der Waals surface area (Å²) < 4.78 is 16.7. The number of rotatable bonds is 9. The molecule has 0 aromatic heterocycles. The van der Waals surface area contributed by atoms with Gasteiger partial charge in [-0.05, 0) is 44.0 Å². The van der Waals surface area contributed by atoms with Crippen LogP contribution in [-0.2, 0) is 9.53 Å². The number of likely N-dealkylation sites (tertiary alicyclic amines) is 1. The number of carbonyl (C=O) groups excluding carboxylic acids is 1. The summed E-state index contributed by atoms with van der Waals surface area (Å²) in [6, 6.07) is 12.2. The lowest BCUT2D eigenvalue weighted by Gasteiger charge is -2.32. The minimum Gasteiger partial charge on any atom is -0.508 e. The third kappa shape index (κ3) is 4.51. The van der Waals surface area contributed by atoms with Crippen LogP contribution in [0, 0.1) is 5.92 Å². The second-order valence-electron chi connectivity index (χ2n) is 8.74. The predicted molar refractivity (Wildman–Crippen MR) is 124 cm³/mol. The number of carbonyl (C=O) groups is 1. The molecule has 0 saturated carbocycles. The largest absolute Gasteiger partial charge is 0.508 e. The molecule has 2 aliphatic heterocycles. The molecule has 2 aromatic rings. The van der Waals surface area contributed by atoms with E-state index in [1.165, 1.54) is 0 Å². The lowest BCUT2D eigenvalue weighted by molar-refractivity contribution is -0.131. The number of para-hydroxylation sites is 1. The summed E-state index contributed by atoms with van der Waals surface area (Å²) in [7, 11) is 3.21. The van der Waals surface area contributed by atoms with E-state index in [2.05, 4.69) is 10.9 Å². The van der Waals surface area contributed by atoms with Crippen LogP contribution in [0.3, 0.4) is 0 Å². The molecule has 0 bridgehead atoms. The summed E-state index contributed by atoms with van der Waals surface area (Å²) in [6.07, 6.45) is 0.888. The minimum absolute atomic E-state index is 0.0368. The molecule has 2 heterocycles. The fourth-order valence-corrected chi connectivity index (χ4v) is 4.96. The van der Waals surface area contributed by atoms with Crippen molar-refractivity contribution in [1.82, 2.24) is 15.8 Å². The molecule has 2 fully saturated rings. The zero-order chi connectivity index (χ0) is 23.5. The van der Waals surface area contributed by atoms with Crippen LogP contribution in [0.1, 0.15) is 43.5 Å². The number of phenolic OH excluding ortho intramolecular Hbond substituents is 1. The number of benzene rings is 2. The van der Waals surface area contributed by atoms with Gasteiger partial charge in [0.2, 0.25) is 5.91 Å². The Balaban J connectivity index is 1.71. The number of ether oxygens (including phenoxy) is 3. The van der Waals surface area contributed by atoms with Crippen molar-refractivity contribution in [3.8, 4) is 17.2 Å². The van der Waals surface area contributed by atoms with Crippen LogP contribution in [-0.4, -0.2) is 55.4 Å². The van der Waals surface area contributed by atoms with E-state index >= 15 is 0 Å². The number of hydrogen-bond acceptors (Lipinski definition) is 7. The van der Waals surface area contributed by atoms with Gasteiger partial charge in [-0.1, -0.05) is 24.3 Å². The first-order chi connectivity index (χ1) is 16.0. The first-order valence-electron chi connectivity index (χ1n) is 11.4. The Kier molecular flexibility index (Phi) is 7.07. The number of amides is 1. The van der Waals surface area contributed by atoms with Crippen LogP contribution in [0.15, 0.2) is 42.5 Å². The molecular formula is C25H33N3O5. The zero-order valence-corrected chi connectivity index (χ0v) is 19.6. The highest BCUT2D eigenvalue weighted by molar-refractivity contribution is 5.86. The monoisotopic (exact) mass is 455 g/mol. The summed E-state index contributed by atoms with van der Waals surface area (Å²) in [4.78, 5) is 15.4. The van der Waals surface area contributed by atoms with Crippen LogP contribution < -0.4 is 20.3 Å². The Morgan fingerprint density at radius 2 is 1.76 bits per heavy atom. The number of hydrazine groups is 1. The average Bonchev–Trinajstić information content (AvgIpc) is 3.35. The highest BCUT2D eigenvalue weighted by atomic mass is 16.5. The van der Waals surface area contributed by atoms with Gasteiger partial charge in [0.15, 0.2) is 11.5 Å². The predicted octanol–water partition coefficient (Wildman–Crippen LogP) is 2.94. The van der Waals surface area contributed by atoms with Crippen molar-refractivity contribution in [1.29, 1.82) is 0 Å². The normalized spacial score (nSPS) is 24.4. The minimum atomic E-state index is -0.404. The number of phenols is 1. The Morgan fingerprint density at radius 1 is 1.03 bits per heavy atom. The van der Waals surface area contributed by atoms with Crippen LogP contribution in [0.25, 0.3) is 0 Å². The van der Waals surface area contributed by atoms with Crippen molar-refractivity contribution < 1.29 is 24.1 Å². The number of nitrogens with zero attached hydrogens (tertiary/aromatic N) is 1. The first-order valence-corrected chi connectivity index (χ1v) is 11.4. The van der Waals surface area contributed by atoms with Gasteiger partial charge in [-0.3, -0.25) is 4.79 Å². The summed E-state index contributed by atoms with van der Waals surface area (Å²) in [6.45, 7) is 5.17. The second kappa shape index (κ2) is 9.99. The van der Waals surface area contributed by atoms with E-state index in [0.717, 1.165) is 17.5 Å². The quantitative estimate of drug-likeness (QED) is 0.501. The molecule has 2 aromatic carbocycles. The van der Waals surface area contributed by atoms with Gasteiger partial charge in [0.25, 0.3) is 0 Å². The molecule has 4 atom stereocenters. The molecule has 2 saturated heterocycles. The molecule has 4 rings (SSSR count). The maximum atomic E-state index is 13.5. The molecule has 8 heteroatoms. The number of nitrogens with one attached hydrogen (secondary N) is 2. The molecular weight excluding hydrogens is 422 g/mol. The standard InChI is InChI=1S/C25H33N3O5/c1-15(2)33-13-7-12-28-24(16-10-11-19(31-3)20(14-16)32-4)21-22(26-27-23(21)25(28)30)17-8-5-6-9-18(17)29/h5-6,8-11,14-15,21-24,26-27,29H,7,12-13H2,1-4H3. The zero-order valence-electron chi connectivity index (χ0n) is 19.6. The number of fused-ring (bicyclic) bond motifs is 1. The van der Waals surface area contributed by atoms with E-state index in [0.29, 0.717) is 24.7 Å². The molecule has 178 valence electrons. The van der Waals surface area contributed by atoms with Gasteiger partial charge >= 0.3 is 0 Å². The van der Waals surface area contributed by atoms with E-state index in [-0.39, 0.29) is 35.8 Å². The molecule has 4 unspecified atom stereocenters. The van der Waals surface area contributed by atoms with Crippen LogP contribution in [0.4, 0.5) is 0 Å². The summed E-state index contributed by atoms with van der Waals surface area (Å²) in [5, 5.41) is 10.5. The SMILES string of the molecule is COc1ccc(C2C3C(NNC3c3ccccc3O)C(=O)N2CCCOC(C)C)cc1OC. The van der Waals surface area contributed by atoms with Crippen molar-refractivity contribution in [3.05, 3.63) is 53.6 Å². The van der Waals surface area contributed by atoms with E-state index < -0.39 is 6.04 Å². The Labute approximate surface area is 194 Å². The molecule has 8 nitrogen and oxygen atoms in total. The Morgan fingerprint density at radius 3 is 2.45 bits per heavy atom. The maximum Gasteiger partial charge on any atom is 0.242 e. The summed E-state index contributed by atoms with van der Waals surface area (Å²) in [5.74, 6) is 1.37. The highest BCUT2D eigenvalue weighted by Crippen LogP contribution is 2.49. The Hall–Kier alpha value is -2.81. The van der Waals surface area contributed by atoms with Crippen molar-refractivity contribution in [3.63, 3.8) is 0 Å². The average molecular weight is 456 g/mol. The lowest BCUT2D eigenvalue weighted by Crippen LogP contribution is -2.41. The molecule has 1 amide bonds. The van der Waals surface area contributed by atoms with Gasteiger partial charge in [0.1, 0.15) is 11.8 Å². The molecule has 0 spiro atoms. The molecule has 3 N–H and O–H groups in total. The molecule has 0 radical (unpaired) electrons. The first kappa shape index (κ1) is 23.4. The smallest absolute Gasteiger partial charge is 0.242 e. The second-order valence-corrected chi connectivity index (χ2v) is 8.74. The van der Waals surface area contributed by atoms with E-state index in [9.17, 15) is 9.90 Å². The van der Waals surface area contributed by atoms with Crippen molar-refractivity contribution >= 4 is 5.91 Å². The van der Waals surface area contributed by atoms with Gasteiger partial charge < -0.3 is 24.2 Å². The topological polar surface area (TPSA) is 92.3 Å². The third-order valence-electron chi connectivity index (χ3n) is 6.43. The van der Waals surface area contributed by atoms with Crippen molar-refractivity contribution in [2.24, 2.45) is 5.92 Å². The third-order valence-corrected chi connectivity index (χ3v) is 6.43. The van der Waals surface area contributed by atoms with Crippen LogP contribution in [0.5, 0.6) is 17.2 Å². The van der Waals surface area contributed by atoms with E-state index in [1.54, 1.807) is 26.4 Å². The van der Waals surface area contributed by atoms with Gasteiger partial charge in [0, 0.05) is 24.6 Å². The fourth-order valence-electron chi connectivity index (χ4n) is 4.96. The van der Waals surface area contributed by atoms with Crippen molar-refractivity contribution in [2.45, 2.75) is 44.5 Å². The van der Waals surface area contributed by atoms with Gasteiger partial charge in [-0.15, -0.1) is 0 Å². The molecule has 2 aliphatic rings. The van der Waals surface area contributed by atoms with Crippen LogP contribution >= 0.6 is 0 Å². The van der Waals surface area contributed by atoms with Crippen LogP contribution in [0.2, 0.25) is 0 Å². The molecule has 33 heavy (non-hydrogen) atoms. The van der Waals surface area contributed by atoms with E-state index in [4.69, 9.17) is 14.2 Å². The van der Waals surface area contributed by atoms with E-state index in [1.807, 2.05) is 49.1 Å². The van der Waals surface area contributed by atoms with Gasteiger partial charge in [-0.25, -0.2) is 10.9 Å². The number of hydrogen-bond donors (Lipinski definition) is 3. The summed E-state index contributed by atoms with van der Waals surface area (Å²) in [5.41, 5.74) is 8.18. The number of aromatic hydroxyl groups is 1. The summed E-state index contributed by atoms with van der Waals surface area (Å²) >= 11 is 0. The lowest BCUT2D eigenvalue weighted by atomic mass is 9.83. The fraction of sp³-hybridized carbons (Fsp3) is 0.480. The number of methoxy groups -OCH3 is 2. The molecule has 0 aliphatic carbocycles. The Bertz CT molecular complexity index is 982. The van der Waals surface area contributed by atoms with Gasteiger partial charge in [-0.2, -0.15) is 0 Å².